The second-order valence-electron chi connectivity index (χ2n) is 7.50. The van der Waals surface area contributed by atoms with Gasteiger partial charge in [0.25, 0.3) is 5.91 Å². The summed E-state index contributed by atoms with van der Waals surface area (Å²) >= 11 is 0. The average molecular weight is 470 g/mol. The normalized spacial score (nSPS) is 13.8. The first-order valence-corrected chi connectivity index (χ1v) is 11.9. The lowest BCUT2D eigenvalue weighted by atomic mass is 10.0. The Hall–Kier alpha value is -3.34. The zero-order valence-corrected chi connectivity index (χ0v) is 19.0. The Morgan fingerprint density at radius 3 is 2.64 bits per heavy atom. The molecule has 1 amide bonds. The molecule has 0 unspecified atom stereocenters. The van der Waals surface area contributed by atoms with Crippen molar-refractivity contribution in [3.63, 3.8) is 0 Å². The zero-order chi connectivity index (χ0) is 23.6. The molecule has 2 heterocycles. The SMILES string of the molecule is COCCNC(=O)c1cccc(-n2nc(C(=O)COC)c3c2-c2ccccc2S(=O)(=O)C3)c1. The summed E-state index contributed by atoms with van der Waals surface area (Å²) in [7, 11) is -0.714. The maximum Gasteiger partial charge on any atom is 0.251 e. The molecule has 0 aliphatic carbocycles. The molecule has 0 fully saturated rings. The number of nitrogens with zero attached hydrogens (tertiary/aromatic N) is 2. The van der Waals surface area contributed by atoms with Crippen molar-refractivity contribution in [1.82, 2.24) is 15.1 Å². The molecule has 0 atom stereocenters. The van der Waals surface area contributed by atoms with E-state index in [2.05, 4.69) is 10.4 Å². The number of aromatic nitrogens is 2. The van der Waals surface area contributed by atoms with Gasteiger partial charge in [-0.2, -0.15) is 5.10 Å². The highest BCUT2D eigenvalue weighted by molar-refractivity contribution is 7.90. The van der Waals surface area contributed by atoms with Crippen molar-refractivity contribution >= 4 is 21.5 Å². The van der Waals surface area contributed by atoms with Gasteiger partial charge in [-0.1, -0.05) is 24.3 Å². The summed E-state index contributed by atoms with van der Waals surface area (Å²) < 4.78 is 37.3. The van der Waals surface area contributed by atoms with E-state index in [1.54, 1.807) is 55.6 Å². The molecule has 0 bridgehead atoms. The van der Waals surface area contributed by atoms with Gasteiger partial charge in [0.1, 0.15) is 12.3 Å². The molecule has 9 nitrogen and oxygen atoms in total. The van der Waals surface area contributed by atoms with Crippen LogP contribution >= 0.6 is 0 Å². The Labute approximate surface area is 191 Å². The van der Waals surface area contributed by atoms with Gasteiger partial charge >= 0.3 is 0 Å². The van der Waals surface area contributed by atoms with E-state index in [-0.39, 0.29) is 28.9 Å². The molecular weight excluding hydrogens is 446 g/mol. The Morgan fingerprint density at radius 2 is 1.88 bits per heavy atom. The fourth-order valence-corrected chi connectivity index (χ4v) is 5.42. The maximum atomic E-state index is 12.9. The van der Waals surface area contributed by atoms with Gasteiger partial charge in [0, 0.05) is 37.5 Å². The van der Waals surface area contributed by atoms with Gasteiger partial charge in [-0.3, -0.25) is 9.59 Å². The molecule has 172 valence electrons. The van der Waals surface area contributed by atoms with Crippen molar-refractivity contribution in [3.05, 3.63) is 65.4 Å². The minimum Gasteiger partial charge on any atom is -0.383 e. The van der Waals surface area contributed by atoms with Gasteiger partial charge < -0.3 is 14.8 Å². The van der Waals surface area contributed by atoms with Gasteiger partial charge in [-0.15, -0.1) is 0 Å². The van der Waals surface area contributed by atoms with Crippen LogP contribution in [0.15, 0.2) is 53.4 Å². The highest BCUT2D eigenvalue weighted by Crippen LogP contribution is 2.40. The van der Waals surface area contributed by atoms with E-state index in [0.29, 0.717) is 41.2 Å². The molecule has 33 heavy (non-hydrogen) atoms. The van der Waals surface area contributed by atoms with Crippen LogP contribution in [0.25, 0.3) is 16.9 Å². The van der Waals surface area contributed by atoms with Gasteiger partial charge in [0.15, 0.2) is 9.84 Å². The predicted molar refractivity (Wildman–Crippen MR) is 120 cm³/mol. The number of nitrogens with one attached hydrogen (secondary N) is 1. The number of carbonyl (C=O) groups excluding carboxylic acids is 2. The quantitative estimate of drug-likeness (QED) is 0.396. The standard InChI is InChI=1S/C23H23N3O6S/c1-31-11-10-24-23(28)15-6-5-7-16(12-15)26-22-17-8-3-4-9-20(17)33(29,30)14-18(22)21(25-26)19(27)13-32-2/h3-9,12H,10-11,13-14H2,1-2H3,(H,24,28). The molecule has 3 aromatic rings. The van der Waals surface area contributed by atoms with Crippen LogP contribution in [0.2, 0.25) is 0 Å². The second-order valence-corrected chi connectivity index (χ2v) is 9.46. The predicted octanol–water partition coefficient (Wildman–Crippen LogP) is 2.03. The van der Waals surface area contributed by atoms with Crippen molar-refractivity contribution in [2.24, 2.45) is 0 Å². The number of ether oxygens (including phenoxy) is 2. The van der Waals surface area contributed by atoms with Crippen LogP contribution in [0.4, 0.5) is 0 Å². The number of hydrogen-bond acceptors (Lipinski definition) is 7. The lowest BCUT2D eigenvalue weighted by Gasteiger charge is -2.19. The average Bonchev–Trinajstić information content (AvgIpc) is 3.18. The van der Waals surface area contributed by atoms with Crippen molar-refractivity contribution in [2.45, 2.75) is 10.6 Å². The van der Waals surface area contributed by atoms with Gasteiger partial charge in [-0.05, 0) is 24.3 Å². The minimum atomic E-state index is -3.65. The van der Waals surface area contributed by atoms with Crippen LogP contribution in [0, 0.1) is 0 Å². The van der Waals surface area contributed by atoms with Crippen molar-refractivity contribution in [3.8, 4) is 16.9 Å². The van der Waals surface area contributed by atoms with E-state index in [0.717, 1.165) is 0 Å². The van der Waals surface area contributed by atoms with Crippen LogP contribution in [-0.2, 0) is 25.1 Å². The summed E-state index contributed by atoms with van der Waals surface area (Å²) in [6, 6.07) is 13.4. The number of amides is 1. The molecule has 1 N–H and O–H groups in total. The smallest absolute Gasteiger partial charge is 0.251 e. The highest BCUT2D eigenvalue weighted by atomic mass is 32.2. The van der Waals surface area contributed by atoms with Crippen LogP contribution in [-0.4, -0.2) is 63.9 Å². The Balaban J connectivity index is 1.88. The van der Waals surface area contributed by atoms with Crippen LogP contribution < -0.4 is 5.32 Å². The Bertz CT molecular complexity index is 1330. The molecule has 1 aliphatic rings. The first-order valence-electron chi connectivity index (χ1n) is 10.2. The summed E-state index contributed by atoms with van der Waals surface area (Å²) in [6.07, 6.45) is 0. The summed E-state index contributed by atoms with van der Waals surface area (Å²) in [4.78, 5) is 25.4. The summed E-state index contributed by atoms with van der Waals surface area (Å²) in [6.45, 7) is 0.513. The van der Waals surface area contributed by atoms with E-state index in [4.69, 9.17) is 9.47 Å². The molecule has 10 heteroatoms. The third-order valence-electron chi connectivity index (χ3n) is 5.28. The fourth-order valence-electron chi connectivity index (χ4n) is 3.82. The summed E-state index contributed by atoms with van der Waals surface area (Å²) in [5.74, 6) is -1.05. The number of rotatable bonds is 8. The molecule has 0 saturated carbocycles. The molecule has 1 aromatic heterocycles. The van der Waals surface area contributed by atoms with Gasteiger partial charge in [-0.25, -0.2) is 13.1 Å². The Morgan fingerprint density at radius 1 is 1.09 bits per heavy atom. The number of hydrogen-bond donors (Lipinski definition) is 1. The van der Waals surface area contributed by atoms with Gasteiger partial charge in [0.2, 0.25) is 5.78 Å². The van der Waals surface area contributed by atoms with Crippen LogP contribution in [0.3, 0.4) is 0 Å². The maximum absolute atomic E-state index is 12.9. The topological polar surface area (TPSA) is 117 Å². The largest absolute Gasteiger partial charge is 0.383 e. The summed E-state index contributed by atoms with van der Waals surface area (Å²) in [5, 5.41) is 7.26. The van der Waals surface area contributed by atoms with Crippen molar-refractivity contribution in [1.29, 1.82) is 0 Å². The molecule has 1 aliphatic heterocycles. The number of methoxy groups -OCH3 is 2. The first-order chi connectivity index (χ1) is 15.9. The highest BCUT2D eigenvalue weighted by Gasteiger charge is 2.35. The van der Waals surface area contributed by atoms with Crippen LogP contribution in [0.1, 0.15) is 26.4 Å². The molecule has 0 radical (unpaired) electrons. The summed E-state index contributed by atoms with van der Waals surface area (Å²) in [5.41, 5.74) is 2.26. The third-order valence-corrected chi connectivity index (χ3v) is 6.97. The monoisotopic (exact) mass is 469 g/mol. The lowest BCUT2D eigenvalue weighted by molar-refractivity contribution is 0.0841. The van der Waals surface area contributed by atoms with E-state index in [1.165, 1.54) is 11.8 Å². The van der Waals surface area contributed by atoms with Gasteiger partial charge in [0.05, 0.1) is 28.6 Å². The van der Waals surface area contributed by atoms with Crippen LogP contribution in [0.5, 0.6) is 0 Å². The number of sulfone groups is 1. The molecule has 0 spiro atoms. The number of benzene rings is 2. The van der Waals surface area contributed by atoms with E-state index >= 15 is 0 Å². The second kappa shape index (κ2) is 9.26. The van der Waals surface area contributed by atoms with Crippen molar-refractivity contribution < 1.29 is 27.5 Å². The van der Waals surface area contributed by atoms with Crippen molar-refractivity contribution in [2.75, 3.05) is 34.0 Å². The van der Waals surface area contributed by atoms with E-state index < -0.39 is 15.6 Å². The molecular formula is C23H23N3O6S. The molecule has 0 saturated heterocycles. The van der Waals surface area contributed by atoms with E-state index in [9.17, 15) is 18.0 Å². The third kappa shape index (κ3) is 4.32. The lowest BCUT2D eigenvalue weighted by Crippen LogP contribution is -2.27. The zero-order valence-electron chi connectivity index (χ0n) is 18.2. The number of carbonyl (C=O) groups is 2. The Kier molecular flexibility index (Phi) is 6.41. The molecule has 2 aromatic carbocycles. The number of ketones is 1. The number of Topliss-reactive ketones (excluding diaryl/α,β-unsaturated/α-hetero) is 1. The first kappa shape index (κ1) is 22.8. The molecule has 4 rings (SSSR count). The fraction of sp³-hybridized carbons (Fsp3) is 0.261. The number of fused-ring (bicyclic) bond motifs is 3. The minimum absolute atomic E-state index is 0.0416. The van der Waals surface area contributed by atoms with E-state index in [1.807, 2.05) is 0 Å².